The van der Waals surface area contributed by atoms with Gasteiger partial charge < -0.3 is 9.88 Å². The fourth-order valence-electron chi connectivity index (χ4n) is 1.67. The molecule has 1 aromatic heterocycles. The van der Waals surface area contributed by atoms with E-state index in [0.717, 1.165) is 22.2 Å². The van der Waals surface area contributed by atoms with Crippen molar-refractivity contribution in [1.82, 2.24) is 14.9 Å². The lowest BCUT2D eigenvalue weighted by Crippen LogP contribution is -2.27. The van der Waals surface area contributed by atoms with Crippen LogP contribution in [0.3, 0.4) is 0 Å². The SMILES string of the molecule is Cn1ccnc1SCC(=O)NCCc1ccc(Cl)cc1. The molecule has 0 bridgehead atoms. The van der Waals surface area contributed by atoms with E-state index in [1.165, 1.54) is 11.8 Å². The lowest BCUT2D eigenvalue weighted by molar-refractivity contribution is -0.118. The molecule has 6 heteroatoms. The van der Waals surface area contributed by atoms with Crippen LogP contribution in [-0.2, 0) is 18.3 Å². The zero-order valence-electron chi connectivity index (χ0n) is 11.2. The number of imidazole rings is 1. The zero-order valence-corrected chi connectivity index (χ0v) is 12.7. The van der Waals surface area contributed by atoms with E-state index in [0.29, 0.717) is 12.3 Å². The van der Waals surface area contributed by atoms with Gasteiger partial charge in [0.1, 0.15) is 0 Å². The standard InChI is InChI=1S/C14H16ClN3OS/c1-18-9-8-17-14(18)20-10-13(19)16-7-6-11-2-4-12(15)5-3-11/h2-5,8-9H,6-7,10H2,1H3,(H,16,19). The van der Waals surface area contributed by atoms with Crippen molar-refractivity contribution in [3.05, 3.63) is 47.2 Å². The van der Waals surface area contributed by atoms with Gasteiger partial charge in [0.15, 0.2) is 5.16 Å². The molecule has 0 fully saturated rings. The molecule has 0 saturated heterocycles. The second-order valence-corrected chi connectivity index (χ2v) is 5.71. The van der Waals surface area contributed by atoms with Gasteiger partial charge in [-0.05, 0) is 24.1 Å². The van der Waals surface area contributed by atoms with E-state index in [2.05, 4.69) is 10.3 Å². The molecule has 0 spiro atoms. The van der Waals surface area contributed by atoms with Crippen molar-refractivity contribution in [3.63, 3.8) is 0 Å². The van der Waals surface area contributed by atoms with Crippen LogP contribution in [0.25, 0.3) is 0 Å². The highest BCUT2D eigenvalue weighted by Crippen LogP contribution is 2.13. The molecule has 0 unspecified atom stereocenters. The molecule has 20 heavy (non-hydrogen) atoms. The summed E-state index contributed by atoms with van der Waals surface area (Å²) in [7, 11) is 1.91. The smallest absolute Gasteiger partial charge is 0.230 e. The van der Waals surface area contributed by atoms with E-state index < -0.39 is 0 Å². The average Bonchev–Trinajstić information content (AvgIpc) is 2.84. The molecule has 0 aliphatic carbocycles. The lowest BCUT2D eigenvalue weighted by atomic mass is 10.1. The first-order chi connectivity index (χ1) is 9.65. The highest BCUT2D eigenvalue weighted by molar-refractivity contribution is 7.99. The minimum Gasteiger partial charge on any atom is -0.355 e. The fraction of sp³-hybridized carbons (Fsp3) is 0.286. The van der Waals surface area contributed by atoms with Crippen LogP contribution < -0.4 is 5.32 Å². The first kappa shape index (κ1) is 14.9. The van der Waals surface area contributed by atoms with Gasteiger partial charge in [0, 0.05) is 31.0 Å². The third-order valence-corrected chi connectivity index (χ3v) is 4.07. The molecular weight excluding hydrogens is 294 g/mol. The maximum Gasteiger partial charge on any atom is 0.230 e. The van der Waals surface area contributed by atoms with E-state index in [1.807, 2.05) is 42.1 Å². The summed E-state index contributed by atoms with van der Waals surface area (Å²) < 4.78 is 1.89. The van der Waals surface area contributed by atoms with Crippen LogP contribution in [0.2, 0.25) is 5.02 Å². The van der Waals surface area contributed by atoms with Gasteiger partial charge in [-0.1, -0.05) is 35.5 Å². The minimum absolute atomic E-state index is 0.0203. The predicted molar refractivity (Wildman–Crippen MR) is 82.1 cm³/mol. The van der Waals surface area contributed by atoms with Gasteiger partial charge >= 0.3 is 0 Å². The number of amides is 1. The average molecular weight is 310 g/mol. The Labute approximate surface area is 127 Å². The molecule has 1 N–H and O–H groups in total. The number of benzene rings is 1. The molecule has 0 saturated carbocycles. The van der Waals surface area contributed by atoms with E-state index in [9.17, 15) is 4.79 Å². The van der Waals surface area contributed by atoms with Crippen LogP contribution in [0.4, 0.5) is 0 Å². The van der Waals surface area contributed by atoms with Crippen LogP contribution in [0.1, 0.15) is 5.56 Å². The lowest BCUT2D eigenvalue weighted by Gasteiger charge is -2.05. The number of hydrogen-bond donors (Lipinski definition) is 1. The number of aryl methyl sites for hydroxylation is 1. The van der Waals surface area contributed by atoms with E-state index >= 15 is 0 Å². The number of nitrogens with zero attached hydrogens (tertiary/aromatic N) is 2. The Kier molecular flexibility index (Phi) is 5.49. The van der Waals surface area contributed by atoms with Crippen LogP contribution in [0.15, 0.2) is 41.8 Å². The zero-order chi connectivity index (χ0) is 14.4. The number of rotatable bonds is 6. The van der Waals surface area contributed by atoms with Crippen molar-refractivity contribution in [2.24, 2.45) is 7.05 Å². The molecule has 0 radical (unpaired) electrons. The number of aromatic nitrogens is 2. The largest absolute Gasteiger partial charge is 0.355 e. The summed E-state index contributed by atoms with van der Waals surface area (Å²) in [6, 6.07) is 7.65. The Morgan fingerprint density at radius 3 is 2.80 bits per heavy atom. The molecule has 1 amide bonds. The number of carbonyl (C=O) groups excluding carboxylic acids is 1. The molecule has 0 aliphatic rings. The minimum atomic E-state index is 0.0203. The number of carbonyl (C=O) groups is 1. The van der Waals surface area contributed by atoms with E-state index in [1.54, 1.807) is 6.20 Å². The summed E-state index contributed by atoms with van der Waals surface area (Å²) in [5, 5.41) is 4.47. The molecule has 106 valence electrons. The topological polar surface area (TPSA) is 46.9 Å². The second kappa shape index (κ2) is 7.36. The van der Waals surface area contributed by atoms with Gasteiger partial charge in [-0.2, -0.15) is 0 Å². The Morgan fingerprint density at radius 2 is 2.15 bits per heavy atom. The Morgan fingerprint density at radius 1 is 1.40 bits per heavy atom. The van der Waals surface area contributed by atoms with Gasteiger partial charge in [0.05, 0.1) is 5.75 Å². The normalized spacial score (nSPS) is 10.5. The molecule has 1 heterocycles. The van der Waals surface area contributed by atoms with Gasteiger partial charge in [0.2, 0.25) is 5.91 Å². The van der Waals surface area contributed by atoms with Crippen LogP contribution in [0, 0.1) is 0 Å². The van der Waals surface area contributed by atoms with Crippen molar-refractivity contribution in [2.75, 3.05) is 12.3 Å². The van der Waals surface area contributed by atoms with Crippen LogP contribution in [0.5, 0.6) is 0 Å². The Hall–Kier alpha value is -1.46. The highest BCUT2D eigenvalue weighted by atomic mass is 35.5. The first-order valence-electron chi connectivity index (χ1n) is 6.26. The Balaban J connectivity index is 1.68. The predicted octanol–water partition coefficient (Wildman–Crippen LogP) is 2.52. The maximum atomic E-state index is 11.7. The second-order valence-electron chi connectivity index (χ2n) is 4.34. The molecule has 1 aromatic carbocycles. The van der Waals surface area contributed by atoms with Crippen molar-refractivity contribution in [1.29, 1.82) is 0 Å². The van der Waals surface area contributed by atoms with Crippen LogP contribution in [-0.4, -0.2) is 27.8 Å². The molecule has 2 aromatic rings. The van der Waals surface area contributed by atoms with Crippen molar-refractivity contribution >= 4 is 29.3 Å². The van der Waals surface area contributed by atoms with Gasteiger partial charge in [-0.15, -0.1) is 0 Å². The summed E-state index contributed by atoms with van der Waals surface area (Å²) >= 11 is 7.25. The number of thioether (sulfide) groups is 1. The number of halogens is 1. The summed E-state index contributed by atoms with van der Waals surface area (Å²) in [5.74, 6) is 0.401. The van der Waals surface area contributed by atoms with Gasteiger partial charge in [-0.25, -0.2) is 4.98 Å². The number of hydrogen-bond acceptors (Lipinski definition) is 3. The molecule has 0 aliphatic heterocycles. The Bertz CT molecular complexity index is 568. The summed E-state index contributed by atoms with van der Waals surface area (Å²) in [4.78, 5) is 15.9. The fourth-order valence-corrected chi connectivity index (χ4v) is 2.56. The van der Waals surface area contributed by atoms with Crippen molar-refractivity contribution in [2.45, 2.75) is 11.6 Å². The quantitative estimate of drug-likeness (QED) is 0.834. The van der Waals surface area contributed by atoms with Gasteiger partial charge in [-0.3, -0.25) is 4.79 Å². The monoisotopic (exact) mass is 309 g/mol. The van der Waals surface area contributed by atoms with E-state index in [-0.39, 0.29) is 5.91 Å². The molecule has 0 atom stereocenters. The molecular formula is C14H16ClN3OS. The van der Waals surface area contributed by atoms with Crippen molar-refractivity contribution < 1.29 is 4.79 Å². The molecule has 4 nitrogen and oxygen atoms in total. The third-order valence-electron chi connectivity index (χ3n) is 2.76. The van der Waals surface area contributed by atoms with E-state index in [4.69, 9.17) is 11.6 Å². The summed E-state index contributed by atoms with van der Waals surface area (Å²) in [6.07, 6.45) is 4.39. The third kappa shape index (κ3) is 4.58. The van der Waals surface area contributed by atoms with Crippen molar-refractivity contribution in [3.8, 4) is 0 Å². The van der Waals surface area contributed by atoms with Crippen LogP contribution >= 0.6 is 23.4 Å². The molecule has 2 rings (SSSR count). The summed E-state index contributed by atoms with van der Waals surface area (Å²) in [6.45, 7) is 0.627. The number of nitrogens with one attached hydrogen (secondary N) is 1. The first-order valence-corrected chi connectivity index (χ1v) is 7.63. The highest BCUT2D eigenvalue weighted by Gasteiger charge is 2.05. The maximum absolute atomic E-state index is 11.7. The van der Waals surface area contributed by atoms with Gasteiger partial charge in [0.25, 0.3) is 0 Å². The summed E-state index contributed by atoms with van der Waals surface area (Å²) in [5.41, 5.74) is 1.16.